The van der Waals surface area contributed by atoms with Gasteiger partial charge in [-0.3, -0.25) is 10.1 Å². The molecule has 0 aromatic heterocycles. The monoisotopic (exact) mass is 228 g/mol. The number of nitrogens with two attached hydrogens (primary N) is 1. The van der Waals surface area contributed by atoms with Crippen LogP contribution in [0.15, 0.2) is 40.8 Å². The van der Waals surface area contributed by atoms with Gasteiger partial charge in [0.25, 0.3) is 0 Å². The summed E-state index contributed by atoms with van der Waals surface area (Å²) in [6, 6.07) is 5.39. The molecule has 0 aliphatic heterocycles. The average molecular weight is 228 g/mol. The predicted molar refractivity (Wildman–Crippen MR) is 54.2 cm³/mol. The number of anilines is 1. The number of hydrogen-bond acceptors (Lipinski definition) is 5. The van der Waals surface area contributed by atoms with Gasteiger partial charge < -0.3 is 5.73 Å². The summed E-state index contributed by atoms with van der Waals surface area (Å²) >= 11 is 0. The van der Waals surface area contributed by atoms with E-state index in [1.54, 1.807) is 0 Å². The molecule has 0 unspecified atom stereocenters. The molecule has 80 valence electrons. The Bertz CT molecular complexity index is 490. The minimum absolute atomic E-state index is 0.0326. The zero-order chi connectivity index (χ0) is 11.5. The number of nitrogens with zero attached hydrogens (tertiary/aromatic N) is 1. The standard InChI is InChI=1S/C8H8N2O4S/c9-7-1-3-8(4-2-7)15(13,14)6-5-10(11)12/h1-6H,9H2/b6-5+. The lowest BCUT2D eigenvalue weighted by Crippen LogP contribution is -1.98. The van der Waals surface area contributed by atoms with Gasteiger partial charge in [0.1, 0.15) is 5.41 Å². The van der Waals surface area contributed by atoms with Crippen LogP contribution in [0.3, 0.4) is 0 Å². The molecule has 0 amide bonds. The molecule has 0 radical (unpaired) electrons. The van der Waals surface area contributed by atoms with E-state index in [2.05, 4.69) is 0 Å². The second-order valence-corrected chi connectivity index (χ2v) is 4.52. The van der Waals surface area contributed by atoms with Gasteiger partial charge in [-0.05, 0) is 24.3 Å². The first-order chi connectivity index (χ1) is 6.92. The SMILES string of the molecule is Nc1ccc(S(=O)(=O)/C=C/[N+](=O)[O-])cc1. The van der Waals surface area contributed by atoms with Crippen molar-refractivity contribution in [3.8, 4) is 0 Å². The molecule has 0 saturated heterocycles. The van der Waals surface area contributed by atoms with Gasteiger partial charge in [0.2, 0.25) is 16.0 Å². The summed E-state index contributed by atoms with van der Waals surface area (Å²) in [6.07, 6.45) is 0.381. The van der Waals surface area contributed by atoms with Gasteiger partial charge in [-0.15, -0.1) is 0 Å². The third-order valence-electron chi connectivity index (χ3n) is 1.57. The molecule has 1 aromatic rings. The topological polar surface area (TPSA) is 103 Å². The van der Waals surface area contributed by atoms with Crippen LogP contribution in [0.4, 0.5) is 5.69 Å². The highest BCUT2D eigenvalue weighted by Crippen LogP contribution is 2.14. The van der Waals surface area contributed by atoms with E-state index < -0.39 is 14.8 Å². The van der Waals surface area contributed by atoms with Gasteiger partial charge in [-0.2, -0.15) is 0 Å². The van der Waals surface area contributed by atoms with Gasteiger partial charge >= 0.3 is 0 Å². The summed E-state index contributed by atoms with van der Waals surface area (Å²) in [6.45, 7) is 0. The van der Waals surface area contributed by atoms with E-state index in [0.717, 1.165) is 0 Å². The Labute approximate surface area is 86.1 Å². The first-order valence-electron chi connectivity index (χ1n) is 3.84. The summed E-state index contributed by atoms with van der Waals surface area (Å²) in [4.78, 5) is 9.09. The molecule has 6 nitrogen and oxygen atoms in total. The van der Waals surface area contributed by atoms with Crippen molar-refractivity contribution >= 4 is 15.5 Å². The molecule has 0 fully saturated rings. The van der Waals surface area contributed by atoms with Gasteiger partial charge in [0.15, 0.2) is 0 Å². The number of sulfone groups is 1. The lowest BCUT2D eigenvalue weighted by atomic mass is 10.3. The van der Waals surface area contributed by atoms with E-state index in [9.17, 15) is 18.5 Å². The van der Waals surface area contributed by atoms with Gasteiger partial charge in [-0.1, -0.05) is 0 Å². The second kappa shape index (κ2) is 4.09. The van der Waals surface area contributed by atoms with Crippen molar-refractivity contribution < 1.29 is 13.3 Å². The minimum atomic E-state index is -3.75. The molecule has 1 aromatic carbocycles. The second-order valence-electron chi connectivity index (χ2n) is 2.68. The fourth-order valence-corrected chi connectivity index (χ4v) is 1.80. The number of hydrogen-bond donors (Lipinski definition) is 1. The highest BCUT2D eigenvalue weighted by molar-refractivity contribution is 7.94. The van der Waals surface area contributed by atoms with E-state index >= 15 is 0 Å². The summed E-state index contributed by atoms with van der Waals surface area (Å²) in [5, 5.41) is 10.5. The first-order valence-corrected chi connectivity index (χ1v) is 5.39. The normalized spacial score (nSPS) is 11.7. The molecule has 0 aliphatic carbocycles. The third kappa shape index (κ3) is 3.06. The Kier molecular flexibility index (Phi) is 3.05. The predicted octanol–water partition coefficient (Wildman–Crippen LogP) is 0.790. The van der Waals surface area contributed by atoms with E-state index in [1.165, 1.54) is 24.3 Å². The number of nitrogen functional groups attached to an aromatic ring is 1. The fraction of sp³-hybridized carbons (Fsp3) is 0. The molecule has 1 rings (SSSR count). The fourth-order valence-electron chi connectivity index (χ4n) is 0.866. The maximum absolute atomic E-state index is 11.4. The van der Waals surface area contributed by atoms with E-state index in [0.29, 0.717) is 17.3 Å². The van der Waals surface area contributed by atoms with Crippen molar-refractivity contribution in [2.24, 2.45) is 0 Å². The van der Waals surface area contributed by atoms with Crippen LogP contribution in [0.1, 0.15) is 0 Å². The molecule has 0 aliphatic rings. The van der Waals surface area contributed by atoms with Crippen molar-refractivity contribution in [3.63, 3.8) is 0 Å². The molecular formula is C8H8N2O4S. The molecule has 7 heteroatoms. The highest BCUT2D eigenvalue weighted by atomic mass is 32.2. The Morgan fingerprint density at radius 3 is 2.27 bits per heavy atom. The summed E-state index contributed by atoms with van der Waals surface area (Å²) in [5.41, 5.74) is 5.79. The van der Waals surface area contributed by atoms with E-state index in [4.69, 9.17) is 5.73 Å². The smallest absolute Gasteiger partial charge is 0.246 e. The zero-order valence-corrected chi connectivity index (χ0v) is 8.35. The highest BCUT2D eigenvalue weighted by Gasteiger charge is 2.11. The Morgan fingerprint density at radius 1 is 1.27 bits per heavy atom. The quantitative estimate of drug-likeness (QED) is 0.468. The van der Waals surface area contributed by atoms with Crippen LogP contribution in [0, 0.1) is 10.1 Å². The Hall–Kier alpha value is -1.89. The Morgan fingerprint density at radius 2 is 1.80 bits per heavy atom. The molecule has 0 bridgehead atoms. The van der Waals surface area contributed by atoms with Crippen LogP contribution >= 0.6 is 0 Å². The zero-order valence-electron chi connectivity index (χ0n) is 7.53. The van der Waals surface area contributed by atoms with Gasteiger partial charge in [0.05, 0.1) is 9.82 Å². The van der Waals surface area contributed by atoms with Crippen LogP contribution in [0.25, 0.3) is 0 Å². The maximum Gasteiger partial charge on any atom is 0.246 e. The molecule has 2 N–H and O–H groups in total. The summed E-state index contributed by atoms with van der Waals surface area (Å²) in [5.74, 6) is 0. The molecule has 0 saturated carbocycles. The van der Waals surface area contributed by atoms with Crippen molar-refractivity contribution in [3.05, 3.63) is 46.0 Å². The molecular weight excluding hydrogens is 220 g/mol. The van der Waals surface area contributed by atoms with Crippen LogP contribution in [-0.2, 0) is 9.84 Å². The van der Waals surface area contributed by atoms with Crippen LogP contribution in [-0.4, -0.2) is 13.3 Å². The average Bonchev–Trinajstić information content (AvgIpc) is 2.16. The molecule has 0 spiro atoms. The molecule has 15 heavy (non-hydrogen) atoms. The molecule has 0 heterocycles. The van der Waals surface area contributed by atoms with Crippen LogP contribution in [0.2, 0.25) is 0 Å². The minimum Gasteiger partial charge on any atom is -0.399 e. The van der Waals surface area contributed by atoms with Crippen LogP contribution in [0.5, 0.6) is 0 Å². The van der Waals surface area contributed by atoms with E-state index in [-0.39, 0.29) is 4.90 Å². The first kappa shape index (κ1) is 11.2. The van der Waals surface area contributed by atoms with Crippen molar-refractivity contribution in [1.29, 1.82) is 0 Å². The number of benzene rings is 1. The summed E-state index contributed by atoms with van der Waals surface area (Å²) in [7, 11) is -3.75. The molecule has 0 atom stereocenters. The lowest BCUT2D eigenvalue weighted by molar-refractivity contribution is -0.402. The third-order valence-corrected chi connectivity index (χ3v) is 2.98. The van der Waals surface area contributed by atoms with Crippen LogP contribution < -0.4 is 5.73 Å². The lowest BCUT2D eigenvalue weighted by Gasteiger charge is -1.97. The van der Waals surface area contributed by atoms with Gasteiger partial charge in [0, 0.05) is 5.69 Å². The number of rotatable bonds is 3. The van der Waals surface area contributed by atoms with Crippen molar-refractivity contribution in [2.45, 2.75) is 4.90 Å². The largest absolute Gasteiger partial charge is 0.399 e. The van der Waals surface area contributed by atoms with Crippen molar-refractivity contribution in [2.75, 3.05) is 5.73 Å². The van der Waals surface area contributed by atoms with E-state index in [1.807, 2.05) is 0 Å². The maximum atomic E-state index is 11.4. The number of nitro groups is 1. The van der Waals surface area contributed by atoms with Crippen molar-refractivity contribution in [1.82, 2.24) is 0 Å². The Balaban J connectivity index is 3.07. The summed E-state index contributed by atoms with van der Waals surface area (Å²) < 4.78 is 22.8. The van der Waals surface area contributed by atoms with Gasteiger partial charge in [-0.25, -0.2) is 8.42 Å².